The van der Waals surface area contributed by atoms with Crippen LogP contribution in [-0.4, -0.2) is 54.3 Å². The van der Waals surface area contributed by atoms with Crippen LogP contribution in [0.5, 0.6) is 0 Å². The topological polar surface area (TPSA) is 23.6 Å². The molecule has 1 aromatic carbocycles. The molecule has 0 amide bonds. The smallest absolute Gasteiger partial charge is 0.300 e. The fraction of sp³-hybridized carbons (Fsp3) is 0.611. The van der Waals surface area contributed by atoms with Crippen LogP contribution in [0.3, 0.4) is 0 Å². The van der Waals surface area contributed by atoms with Crippen molar-refractivity contribution in [2.75, 3.05) is 32.7 Å². The van der Waals surface area contributed by atoms with Gasteiger partial charge in [-0.25, -0.2) is 4.39 Å². The molecule has 1 unspecified atom stereocenters. The van der Waals surface area contributed by atoms with Crippen molar-refractivity contribution in [3.63, 3.8) is 0 Å². The third-order valence-corrected chi connectivity index (χ3v) is 4.77. The third-order valence-electron chi connectivity index (χ3n) is 4.77. The summed E-state index contributed by atoms with van der Waals surface area (Å²) in [5.41, 5.74) is -1.01. The van der Waals surface area contributed by atoms with Gasteiger partial charge in [0.1, 0.15) is 11.6 Å². The van der Waals surface area contributed by atoms with Crippen molar-refractivity contribution >= 4 is 5.78 Å². The molecular weight excluding hydrogens is 336 g/mol. The minimum atomic E-state index is -4.73. The maximum absolute atomic E-state index is 13.8. The van der Waals surface area contributed by atoms with E-state index in [2.05, 4.69) is 23.6 Å². The molecule has 1 fully saturated rings. The first-order valence-electron chi connectivity index (χ1n) is 8.43. The highest BCUT2D eigenvalue weighted by molar-refractivity contribution is 5.83. The predicted molar refractivity (Wildman–Crippen MR) is 88.0 cm³/mol. The Hall–Kier alpha value is -1.47. The van der Waals surface area contributed by atoms with Gasteiger partial charge in [0.05, 0.1) is 11.5 Å². The average molecular weight is 360 g/mol. The fourth-order valence-corrected chi connectivity index (χ4v) is 3.17. The van der Waals surface area contributed by atoms with Crippen LogP contribution in [0.15, 0.2) is 18.2 Å². The SMILES string of the molecule is CC(=O)C(CN1CCN(C(C)C)CC1)c1ccc(C(F)(F)F)c(F)c1. The Balaban J connectivity index is 2.12. The minimum absolute atomic E-state index is 0.176. The van der Waals surface area contributed by atoms with Gasteiger partial charge in [-0.1, -0.05) is 6.07 Å². The molecule has 0 aliphatic carbocycles. The van der Waals surface area contributed by atoms with Crippen molar-refractivity contribution in [2.24, 2.45) is 0 Å². The number of hydrogen-bond acceptors (Lipinski definition) is 3. The van der Waals surface area contributed by atoms with Gasteiger partial charge < -0.3 is 0 Å². The van der Waals surface area contributed by atoms with Crippen LogP contribution in [-0.2, 0) is 11.0 Å². The van der Waals surface area contributed by atoms with E-state index in [9.17, 15) is 22.4 Å². The van der Waals surface area contributed by atoms with Crippen LogP contribution in [0.25, 0.3) is 0 Å². The van der Waals surface area contributed by atoms with Gasteiger partial charge >= 0.3 is 6.18 Å². The normalized spacial score (nSPS) is 18.6. The lowest BCUT2D eigenvalue weighted by Gasteiger charge is -2.38. The number of ketones is 1. The molecule has 0 saturated carbocycles. The summed E-state index contributed by atoms with van der Waals surface area (Å²) in [6.07, 6.45) is -4.73. The number of hydrogen-bond donors (Lipinski definition) is 0. The van der Waals surface area contributed by atoms with Gasteiger partial charge in [0, 0.05) is 38.8 Å². The van der Waals surface area contributed by atoms with E-state index >= 15 is 0 Å². The summed E-state index contributed by atoms with van der Waals surface area (Å²) < 4.78 is 51.9. The second-order valence-electron chi connectivity index (χ2n) is 6.83. The van der Waals surface area contributed by atoms with Crippen LogP contribution in [0.2, 0.25) is 0 Å². The summed E-state index contributed by atoms with van der Waals surface area (Å²) in [4.78, 5) is 16.4. The molecule has 1 aliphatic heterocycles. The molecule has 1 heterocycles. The molecule has 1 saturated heterocycles. The minimum Gasteiger partial charge on any atom is -0.300 e. The summed E-state index contributed by atoms with van der Waals surface area (Å²) in [5, 5.41) is 0. The van der Waals surface area contributed by atoms with E-state index in [1.807, 2.05) is 0 Å². The lowest BCUT2D eigenvalue weighted by atomic mass is 9.93. The van der Waals surface area contributed by atoms with Gasteiger partial charge in [-0.2, -0.15) is 13.2 Å². The molecule has 0 spiro atoms. The first-order chi connectivity index (χ1) is 11.6. The van der Waals surface area contributed by atoms with Crippen molar-refractivity contribution in [3.05, 3.63) is 35.1 Å². The average Bonchev–Trinajstić information content (AvgIpc) is 2.51. The molecule has 7 heteroatoms. The Morgan fingerprint density at radius 2 is 1.76 bits per heavy atom. The lowest BCUT2D eigenvalue weighted by Crippen LogP contribution is -2.50. The number of Topliss-reactive ketones (excluding diaryl/α,β-unsaturated/α-hetero) is 1. The number of nitrogens with zero attached hydrogens (tertiary/aromatic N) is 2. The van der Waals surface area contributed by atoms with E-state index in [0.717, 1.165) is 38.3 Å². The standard InChI is InChI=1S/C18H24F4N2O/c1-12(2)24-8-6-23(7-9-24)11-15(13(3)25)14-4-5-16(17(19)10-14)18(20,21)22/h4-5,10,12,15H,6-9,11H2,1-3H3. The summed E-state index contributed by atoms with van der Waals surface area (Å²) in [6.45, 7) is 9.36. The summed E-state index contributed by atoms with van der Waals surface area (Å²) >= 11 is 0. The number of carbonyl (C=O) groups is 1. The van der Waals surface area contributed by atoms with Gasteiger partial charge in [0.15, 0.2) is 0 Å². The lowest BCUT2D eigenvalue weighted by molar-refractivity contribution is -0.140. The second-order valence-corrected chi connectivity index (χ2v) is 6.83. The van der Waals surface area contributed by atoms with Crippen LogP contribution in [0.1, 0.15) is 37.8 Å². The highest BCUT2D eigenvalue weighted by Gasteiger charge is 2.34. The summed E-state index contributed by atoms with van der Waals surface area (Å²) in [7, 11) is 0. The molecule has 0 aromatic heterocycles. The number of halogens is 4. The summed E-state index contributed by atoms with van der Waals surface area (Å²) in [6, 6.07) is 3.23. The van der Waals surface area contributed by atoms with E-state index < -0.39 is 23.5 Å². The Labute approximate surface area is 145 Å². The highest BCUT2D eigenvalue weighted by Crippen LogP contribution is 2.33. The van der Waals surface area contributed by atoms with Crippen molar-refractivity contribution in [1.29, 1.82) is 0 Å². The molecule has 0 bridgehead atoms. The number of carbonyl (C=O) groups excluding carboxylic acids is 1. The molecule has 1 aromatic rings. The Bertz CT molecular complexity index is 608. The maximum Gasteiger partial charge on any atom is 0.419 e. The zero-order valence-electron chi connectivity index (χ0n) is 14.7. The van der Waals surface area contributed by atoms with Gasteiger partial charge in [-0.3, -0.25) is 14.6 Å². The fourth-order valence-electron chi connectivity index (χ4n) is 3.17. The highest BCUT2D eigenvalue weighted by atomic mass is 19.4. The Morgan fingerprint density at radius 3 is 2.20 bits per heavy atom. The van der Waals surface area contributed by atoms with Crippen LogP contribution in [0.4, 0.5) is 17.6 Å². The van der Waals surface area contributed by atoms with E-state index in [-0.39, 0.29) is 5.78 Å². The number of benzene rings is 1. The third kappa shape index (κ3) is 5.01. The van der Waals surface area contributed by atoms with Crippen LogP contribution < -0.4 is 0 Å². The van der Waals surface area contributed by atoms with Crippen molar-refractivity contribution in [3.8, 4) is 0 Å². The Kier molecular flexibility index (Phi) is 6.21. The number of piperazine rings is 1. The van der Waals surface area contributed by atoms with Gasteiger partial charge in [0.25, 0.3) is 0 Å². The largest absolute Gasteiger partial charge is 0.419 e. The van der Waals surface area contributed by atoms with Crippen molar-refractivity contribution in [1.82, 2.24) is 9.80 Å². The van der Waals surface area contributed by atoms with E-state index in [4.69, 9.17) is 0 Å². The molecular formula is C18H24F4N2O. The molecule has 1 atom stereocenters. The molecule has 140 valence electrons. The molecule has 2 rings (SSSR count). The number of alkyl halides is 3. The molecule has 1 aliphatic rings. The van der Waals surface area contributed by atoms with Crippen molar-refractivity contribution in [2.45, 2.75) is 38.9 Å². The maximum atomic E-state index is 13.8. The van der Waals surface area contributed by atoms with Gasteiger partial charge in [-0.15, -0.1) is 0 Å². The van der Waals surface area contributed by atoms with E-state index in [1.165, 1.54) is 13.0 Å². The van der Waals surface area contributed by atoms with Crippen LogP contribution >= 0.6 is 0 Å². The van der Waals surface area contributed by atoms with Crippen molar-refractivity contribution < 1.29 is 22.4 Å². The zero-order chi connectivity index (χ0) is 18.8. The zero-order valence-corrected chi connectivity index (χ0v) is 14.7. The van der Waals surface area contributed by atoms with E-state index in [0.29, 0.717) is 18.2 Å². The first-order valence-corrected chi connectivity index (χ1v) is 8.43. The molecule has 25 heavy (non-hydrogen) atoms. The number of rotatable bonds is 5. The second kappa shape index (κ2) is 7.83. The predicted octanol–water partition coefficient (Wildman–Crippen LogP) is 3.54. The molecule has 0 N–H and O–H groups in total. The Morgan fingerprint density at radius 1 is 1.16 bits per heavy atom. The van der Waals surface area contributed by atoms with E-state index in [1.54, 1.807) is 0 Å². The van der Waals surface area contributed by atoms with Crippen LogP contribution in [0, 0.1) is 5.82 Å². The molecule has 3 nitrogen and oxygen atoms in total. The molecule has 0 radical (unpaired) electrons. The monoisotopic (exact) mass is 360 g/mol. The quantitative estimate of drug-likeness (QED) is 0.751. The first kappa shape index (κ1) is 19.8. The summed E-state index contributed by atoms with van der Waals surface area (Å²) in [5.74, 6) is -2.13. The van der Waals surface area contributed by atoms with Gasteiger partial charge in [-0.05, 0) is 38.5 Å². The van der Waals surface area contributed by atoms with Gasteiger partial charge in [0.2, 0.25) is 0 Å².